The fourth-order valence-corrected chi connectivity index (χ4v) is 8.86. The number of quaternary nitrogens is 1. The monoisotopic (exact) mass is 554 g/mol. The second-order valence-corrected chi connectivity index (χ2v) is 12.6. The van der Waals surface area contributed by atoms with Gasteiger partial charge in [0, 0.05) is 35.2 Å². The highest BCUT2D eigenvalue weighted by atomic mass is 15.7. The molecule has 2 heteroatoms. The Morgan fingerprint density at radius 2 is 1.40 bits per heavy atom. The highest BCUT2D eigenvalue weighted by molar-refractivity contribution is 6.00. The molecule has 0 amide bonds. The molecule has 3 aliphatic heterocycles. The molecule has 0 fully saturated rings. The third-order valence-electron chi connectivity index (χ3n) is 10.4. The summed E-state index contributed by atoms with van der Waals surface area (Å²) in [7, 11) is 0. The first-order chi connectivity index (χ1) is 21.0. The molecule has 0 N–H and O–H groups in total. The molecule has 43 heavy (non-hydrogen) atoms. The van der Waals surface area contributed by atoms with Gasteiger partial charge in [0.25, 0.3) is 5.69 Å². The Morgan fingerprint density at radius 3 is 2.14 bits per heavy atom. The molecule has 4 aromatic carbocycles. The van der Waals surface area contributed by atoms with Crippen LogP contribution in [0.3, 0.4) is 0 Å². The molecule has 0 saturated heterocycles. The van der Waals surface area contributed by atoms with Crippen LogP contribution in [0.2, 0.25) is 0 Å². The second kappa shape index (κ2) is 8.40. The Bertz CT molecular complexity index is 2100. The molecule has 1 unspecified atom stereocenters. The van der Waals surface area contributed by atoms with Crippen molar-refractivity contribution in [2.75, 3.05) is 6.54 Å². The molecule has 4 aliphatic rings. The maximum absolute atomic E-state index is 4.69. The van der Waals surface area contributed by atoms with Gasteiger partial charge in [-0.3, -0.25) is 0 Å². The van der Waals surface area contributed by atoms with Crippen LogP contribution in [0, 0.1) is 13.8 Å². The second-order valence-electron chi connectivity index (χ2n) is 12.6. The van der Waals surface area contributed by atoms with E-state index in [9.17, 15) is 0 Å². The number of rotatable bonds is 1. The van der Waals surface area contributed by atoms with Gasteiger partial charge in [0.15, 0.2) is 0 Å². The molecular weight excluding hydrogens is 520 g/mol. The van der Waals surface area contributed by atoms with E-state index in [1.807, 2.05) is 0 Å². The van der Waals surface area contributed by atoms with Gasteiger partial charge < -0.3 is 0 Å². The van der Waals surface area contributed by atoms with Crippen LogP contribution in [0.25, 0.3) is 28.0 Å². The number of pyridine rings is 1. The molecule has 0 saturated carbocycles. The summed E-state index contributed by atoms with van der Waals surface area (Å²) in [4.78, 5) is 0. The van der Waals surface area contributed by atoms with E-state index in [1.165, 1.54) is 83.8 Å². The van der Waals surface area contributed by atoms with E-state index < -0.39 is 5.41 Å². The zero-order valence-corrected chi connectivity index (χ0v) is 25.0. The van der Waals surface area contributed by atoms with Crippen molar-refractivity contribution >= 4 is 16.9 Å². The molecule has 5 aromatic rings. The molecule has 0 bridgehead atoms. The number of nitrogens with zero attached hydrogens (tertiary/aromatic N) is 2. The van der Waals surface area contributed by atoms with Crippen molar-refractivity contribution in [2.24, 2.45) is 0 Å². The molecule has 1 aliphatic carbocycles. The van der Waals surface area contributed by atoms with Crippen LogP contribution in [0.5, 0.6) is 0 Å². The van der Waals surface area contributed by atoms with E-state index in [4.69, 9.17) is 0 Å². The summed E-state index contributed by atoms with van der Waals surface area (Å²) in [5.74, 6) is 0. The van der Waals surface area contributed by atoms with Gasteiger partial charge in [-0.15, -0.1) is 0 Å². The molecule has 9 rings (SSSR count). The number of benzene rings is 4. The normalized spacial score (nSPS) is 20.5. The summed E-state index contributed by atoms with van der Waals surface area (Å²) in [6.45, 7) is 12.2. The fraction of sp³-hybridized carbons (Fsp3) is 0.146. The van der Waals surface area contributed by atoms with Crippen LogP contribution in [-0.4, -0.2) is 6.54 Å². The van der Waals surface area contributed by atoms with Gasteiger partial charge in [0.05, 0.1) is 5.41 Å². The zero-order chi connectivity index (χ0) is 29.1. The van der Waals surface area contributed by atoms with Gasteiger partial charge in [-0.2, -0.15) is 0 Å². The molecule has 206 valence electrons. The molecule has 2 nitrogen and oxygen atoms in total. The quantitative estimate of drug-likeness (QED) is 0.141. The highest BCUT2D eigenvalue weighted by Crippen LogP contribution is 2.67. The number of para-hydroxylation sites is 1. The third kappa shape index (κ3) is 2.81. The zero-order valence-electron chi connectivity index (χ0n) is 25.0. The van der Waals surface area contributed by atoms with E-state index in [0.717, 1.165) is 13.0 Å². The average molecular weight is 555 g/mol. The molecule has 4 heterocycles. The van der Waals surface area contributed by atoms with Gasteiger partial charge in [-0.25, -0.2) is 0 Å². The third-order valence-corrected chi connectivity index (χ3v) is 10.4. The van der Waals surface area contributed by atoms with Crippen LogP contribution < -0.4 is 9.27 Å². The van der Waals surface area contributed by atoms with Crippen molar-refractivity contribution in [2.45, 2.75) is 32.6 Å². The largest absolute Gasteiger partial charge is 0.279 e. The van der Waals surface area contributed by atoms with E-state index >= 15 is 0 Å². The van der Waals surface area contributed by atoms with Crippen LogP contribution in [0.15, 0.2) is 128 Å². The van der Waals surface area contributed by atoms with E-state index in [1.54, 1.807) is 0 Å². The van der Waals surface area contributed by atoms with Gasteiger partial charge in [-0.05, 0) is 92.8 Å². The topological polar surface area (TPSA) is 3.88 Å². The Hall–Kier alpha value is -4.79. The Balaban J connectivity index is 1.57. The maximum Gasteiger partial charge on any atom is 0.279 e. The minimum absolute atomic E-state index is 0.425. The Kier molecular flexibility index (Phi) is 4.84. The lowest BCUT2D eigenvalue weighted by Crippen LogP contribution is -2.69. The number of aryl methyl sites for hydroxylation is 2. The smallest absolute Gasteiger partial charge is 0.0950 e. The van der Waals surface area contributed by atoms with Crippen molar-refractivity contribution in [1.29, 1.82) is 0 Å². The molecule has 1 aromatic heterocycles. The minimum Gasteiger partial charge on any atom is -0.0950 e. The van der Waals surface area contributed by atoms with Crippen molar-refractivity contribution in [3.8, 4) is 22.4 Å². The van der Waals surface area contributed by atoms with Crippen LogP contribution in [-0.2, 0) is 5.41 Å². The first-order valence-corrected chi connectivity index (χ1v) is 15.4. The van der Waals surface area contributed by atoms with Gasteiger partial charge >= 0.3 is 0 Å². The minimum atomic E-state index is -0.425. The number of fused-ring (bicyclic) bond motifs is 9. The van der Waals surface area contributed by atoms with Crippen molar-refractivity contribution < 1.29 is 4.68 Å². The molecular formula is C41H34N2+2. The van der Waals surface area contributed by atoms with Gasteiger partial charge in [0.2, 0.25) is 17.6 Å². The molecule has 0 radical (unpaired) electrons. The standard InChI is InChI=1S/C41H34N2/c1-5-6-12-29-28(4)20-22-43-39-32(29)15-11-18-36(39)41(34-16-9-7-13-30(34)31-14-8-10-17-35(31)41)37-24-27(3)23-33(40(37)43)38-25-26(2)19-21-42(38)43/h5-19,21,23-25H,4,20,22H2,1-3H3/q+2/b6-5-,29-12+. The summed E-state index contributed by atoms with van der Waals surface area (Å²) in [6.07, 6.45) is 9.82. The predicted octanol–water partition coefficient (Wildman–Crippen LogP) is 9.27. The number of aromatic nitrogens is 1. The van der Waals surface area contributed by atoms with Gasteiger partial charge in [-0.1, -0.05) is 85.5 Å². The SMILES string of the molecule is C=C1CC[N+]23c4c(cccc4C4(c5ccccc5-c5ccccc54)c4cc(C)cc(c42)-c2cc(C)cc[n+]23)/C1=C/C=C\C. The van der Waals surface area contributed by atoms with Gasteiger partial charge in [0.1, 0.15) is 12.1 Å². The first kappa shape index (κ1) is 24.8. The summed E-state index contributed by atoms with van der Waals surface area (Å²) in [5.41, 5.74) is 19.6. The lowest BCUT2D eigenvalue weighted by Gasteiger charge is -2.43. The number of hydrogen-bond acceptors (Lipinski definition) is 0. The lowest BCUT2D eigenvalue weighted by molar-refractivity contribution is -0.780. The molecule has 1 atom stereocenters. The lowest BCUT2D eigenvalue weighted by atomic mass is 9.63. The summed E-state index contributed by atoms with van der Waals surface area (Å²) in [6, 6.07) is 34.9. The average Bonchev–Trinajstić information content (AvgIpc) is 3.42. The predicted molar refractivity (Wildman–Crippen MR) is 177 cm³/mol. The summed E-state index contributed by atoms with van der Waals surface area (Å²) >= 11 is 0. The van der Waals surface area contributed by atoms with Crippen LogP contribution in [0.1, 0.15) is 52.3 Å². The first-order valence-electron chi connectivity index (χ1n) is 15.4. The number of allylic oxidation sites excluding steroid dienone is 4. The maximum atomic E-state index is 4.69. The van der Waals surface area contributed by atoms with E-state index in [0.29, 0.717) is 4.59 Å². The Labute approximate surface area is 253 Å². The number of hydrogen-bond donors (Lipinski definition) is 0. The van der Waals surface area contributed by atoms with Crippen molar-refractivity contribution in [3.05, 3.63) is 167 Å². The fourth-order valence-electron chi connectivity index (χ4n) is 8.86. The highest BCUT2D eigenvalue weighted by Gasteiger charge is 2.66. The van der Waals surface area contributed by atoms with Crippen molar-refractivity contribution in [1.82, 2.24) is 4.59 Å². The molecule has 2 spiro atoms. The van der Waals surface area contributed by atoms with E-state index in [2.05, 4.69) is 147 Å². The van der Waals surface area contributed by atoms with E-state index in [-0.39, 0.29) is 0 Å². The van der Waals surface area contributed by atoms with Crippen LogP contribution >= 0.6 is 0 Å². The van der Waals surface area contributed by atoms with Crippen LogP contribution in [0.4, 0.5) is 11.4 Å². The van der Waals surface area contributed by atoms with Crippen molar-refractivity contribution in [3.63, 3.8) is 0 Å². The summed E-state index contributed by atoms with van der Waals surface area (Å²) < 4.78 is 3.23. The Morgan fingerprint density at radius 1 is 0.721 bits per heavy atom. The summed E-state index contributed by atoms with van der Waals surface area (Å²) in [5, 5.41) is 0.